The summed E-state index contributed by atoms with van der Waals surface area (Å²) in [5.74, 6) is 0. The summed E-state index contributed by atoms with van der Waals surface area (Å²) in [6.45, 7) is 0. The van der Waals surface area contributed by atoms with Crippen LogP contribution in [0.3, 0.4) is 0 Å². The molecule has 0 spiro atoms. The van der Waals surface area contributed by atoms with Gasteiger partial charge in [0.25, 0.3) is 5.69 Å². The summed E-state index contributed by atoms with van der Waals surface area (Å²) < 4.78 is 4.58. The van der Waals surface area contributed by atoms with Gasteiger partial charge in [-0.15, -0.1) is 0 Å². The van der Waals surface area contributed by atoms with Crippen molar-refractivity contribution in [3.63, 3.8) is 0 Å². The number of hydrogen-bond donors (Lipinski definition) is 1. The summed E-state index contributed by atoms with van der Waals surface area (Å²) >= 11 is 0. The summed E-state index contributed by atoms with van der Waals surface area (Å²) in [6, 6.07) is 5.90. The van der Waals surface area contributed by atoms with Gasteiger partial charge in [-0.05, 0) is 6.07 Å². The van der Waals surface area contributed by atoms with E-state index < -0.39 is 11.2 Å². The highest BCUT2D eigenvalue weighted by Gasteiger charge is 2.18. The maximum absolute atomic E-state index is 10.5. The summed E-state index contributed by atoms with van der Waals surface area (Å²) in [6.07, 6.45) is -1.25. The lowest BCUT2D eigenvalue weighted by molar-refractivity contribution is -0.386. The number of aliphatic hydroxyl groups excluding tert-OH is 1. The minimum absolute atomic E-state index is 0.142. The minimum atomic E-state index is -1.25. The van der Waals surface area contributed by atoms with Gasteiger partial charge in [0.2, 0.25) is 0 Å². The van der Waals surface area contributed by atoms with Crippen molar-refractivity contribution in [3.05, 3.63) is 39.9 Å². The zero-order valence-corrected chi connectivity index (χ0v) is 7.01. The van der Waals surface area contributed by atoms with Gasteiger partial charge in [0.15, 0.2) is 6.29 Å². The summed E-state index contributed by atoms with van der Waals surface area (Å²) in [4.78, 5) is 9.92. The number of nitrogens with zero attached hydrogens (tertiary/aromatic N) is 1. The SMILES string of the molecule is COC(O)c1ccccc1[N+](=O)[O-]. The lowest BCUT2D eigenvalue weighted by Crippen LogP contribution is -2.03. The predicted octanol–water partition coefficient (Wildman–Crippen LogP) is 1.23. The summed E-state index contributed by atoms with van der Waals surface area (Å²) in [7, 11) is 1.28. The van der Waals surface area contributed by atoms with Crippen LogP contribution >= 0.6 is 0 Å². The Kier molecular flexibility index (Phi) is 2.94. The molecule has 1 rings (SSSR count). The molecule has 0 saturated heterocycles. The Labute approximate surface area is 74.7 Å². The van der Waals surface area contributed by atoms with Crippen molar-refractivity contribution in [2.75, 3.05) is 7.11 Å². The van der Waals surface area contributed by atoms with Crippen LogP contribution in [0.4, 0.5) is 5.69 Å². The molecule has 1 atom stereocenters. The van der Waals surface area contributed by atoms with Crippen LogP contribution in [-0.4, -0.2) is 17.1 Å². The lowest BCUT2D eigenvalue weighted by atomic mass is 10.2. The van der Waals surface area contributed by atoms with Crippen LogP contribution in [0.2, 0.25) is 0 Å². The first-order valence-electron chi connectivity index (χ1n) is 3.61. The van der Waals surface area contributed by atoms with Gasteiger partial charge in [0.1, 0.15) is 0 Å². The molecule has 0 aliphatic heterocycles. The fourth-order valence-corrected chi connectivity index (χ4v) is 0.990. The first-order chi connectivity index (χ1) is 6.16. The maximum Gasteiger partial charge on any atom is 0.277 e. The van der Waals surface area contributed by atoms with E-state index in [9.17, 15) is 15.2 Å². The largest absolute Gasteiger partial charge is 0.364 e. The number of methoxy groups -OCH3 is 1. The molecule has 0 aromatic heterocycles. The number of nitro benzene ring substituents is 1. The van der Waals surface area contributed by atoms with E-state index in [2.05, 4.69) is 4.74 Å². The Morgan fingerprint density at radius 3 is 2.69 bits per heavy atom. The first-order valence-corrected chi connectivity index (χ1v) is 3.61. The number of nitro groups is 1. The third-order valence-corrected chi connectivity index (χ3v) is 1.62. The average molecular weight is 183 g/mol. The van der Waals surface area contributed by atoms with Crippen LogP contribution in [0.5, 0.6) is 0 Å². The van der Waals surface area contributed by atoms with Gasteiger partial charge >= 0.3 is 0 Å². The molecule has 1 N–H and O–H groups in total. The van der Waals surface area contributed by atoms with Crippen molar-refractivity contribution >= 4 is 5.69 Å². The molecule has 0 radical (unpaired) electrons. The third-order valence-electron chi connectivity index (χ3n) is 1.62. The molecule has 1 aromatic rings. The quantitative estimate of drug-likeness (QED) is 0.434. The molecule has 1 aromatic carbocycles. The molecule has 0 fully saturated rings. The molecular weight excluding hydrogens is 174 g/mol. The smallest absolute Gasteiger partial charge is 0.277 e. The van der Waals surface area contributed by atoms with Crippen LogP contribution in [0.1, 0.15) is 11.9 Å². The molecule has 0 heterocycles. The number of ether oxygens (including phenoxy) is 1. The average Bonchev–Trinajstić information content (AvgIpc) is 2.16. The Morgan fingerprint density at radius 2 is 2.15 bits per heavy atom. The fourth-order valence-electron chi connectivity index (χ4n) is 0.990. The van der Waals surface area contributed by atoms with Gasteiger partial charge in [-0.3, -0.25) is 10.1 Å². The van der Waals surface area contributed by atoms with Crippen LogP contribution in [0.25, 0.3) is 0 Å². The standard InChI is InChI=1S/C8H9NO4/c1-13-8(10)6-4-2-3-5-7(6)9(11)12/h2-5,8,10H,1H3. The zero-order chi connectivity index (χ0) is 9.84. The second kappa shape index (κ2) is 3.97. The lowest BCUT2D eigenvalue weighted by Gasteiger charge is -2.07. The van der Waals surface area contributed by atoms with Gasteiger partial charge in [-0.25, -0.2) is 0 Å². The van der Waals surface area contributed by atoms with Crippen LogP contribution in [0, 0.1) is 10.1 Å². The van der Waals surface area contributed by atoms with Gasteiger partial charge in [-0.1, -0.05) is 12.1 Å². The van der Waals surface area contributed by atoms with E-state index >= 15 is 0 Å². The number of benzene rings is 1. The predicted molar refractivity (Wildman–Crippen MR) is 45.1 cm³/mol. The van der Waals surface area contributed by atoms with Crippen LogP contribution in [0.15, 0.2) is 24.3 Å². The van der Waals surface area contributed by atoms with E-state index in [1.807, 2.05) is 0 Å². The second-order valence-electron chi connectivity index (χ2n) is 2.40. The van der Waals surface area contributed by atoms with E-state index in [0.29, 0.717) is 0 Å². The van der Waals surface area contributed by atoms with E-state index in [0.717, 1.165) is 0 Å². The first kappa shape index (κ1) is 9.63. The highest BCUT2D eigenvalue weighted by atomic mass is 16.6. The van der Waals surface area contributed by atoms with E-state index in [4.69, 9.17) is 0 Å². The second-order valence-corrected chi connectivity index (χ2v) is 2.40. The Bertz CT molecular complexity index is 313. The van der Waals surface area contributed by atoms with Crippen molar-refractivity contribution in [2.24, 2.45) is 0 Å². The number of hydrogen-bond acceptors (Lipinski definition) is 4. The van der Waals surface area contributed by atoms with E-state index in [1.54, 1.807) is 6.07 Å². The number of para-hydroxylation sites is 1. The Hall–Kier alpha value is -1.46. The molecule has 1 unspecified atom stereocenters. The molecular formula is C8H9NO4. The fraction of sp³-hybridized carbons (Fsp3) is 0.250. The molecule has 13 heavy (non-hydrogen) atoms. The Morgan fingerprint density at radius 1 is 1.54 bits per heavy atom. The number of rotatable bonds is 3. The summed E-state index contributed by atoms with van der Waals surface area (Å²) in [5.41, 5.74) is 0.0202. The molecule has 5 heteroatoms. The molecule has 5 nitrogen and oxygen atoms in total. The maximum atomic E-state index is 10.5. The highest BCUT2D eigenvalue weighted by Crippen LogP contribution is 2.24. The number of aliphatic hydroxyl groups is 1. The van der Waals surface area contributed by atoms with Crippen molar-refractivity contribution < 1.29 is 14.8 Å². The molecule has 0 amide bonds. The van der Waals surface area contributed by atoms with Crippen molar-refractivity contribution in [2.45, 2.75) is 6.29 Å². The van der Waals surface area contributed by atoms with Crippen LogP contribution < -0.4 is 0 Å². The van der Waals surface area contributed by atoms with Gasteiger partial charge in [0.05, 0.1) is 10.5 Å². The monoisotopic (exact) mass is 183 g/mol. The summed E-state index contributed by atoms with van der Waals surface area (Å²) in [5, 5.41) is 19.7. The van der Waals surface area contributed by atoms with E-state index in [1.165, 1.54) is 25.3 Å². The molecule has 70 valence electrons. The normalized spacial score (nSPS) is 12.5. The zero-order valence-electron chi connectivity index (χ0n) is 7.01. The van der Waals surface area contributed by atoms with Crippen molar-refractivity contribution in [3.8, 4) is 0 Å². The highest BCUT2D eigenvalue weighted by molar-refractivity contribution is 5.40. The minimum Gasteiger partial charge on any atom is -0.364 e. The van der Waals surface area contributed by atoms with Gasteiger partial charge in [-0.2, -0.15) is 0 Å². The topological polar surface area (TPSA) is 72.6 Å². The molecule has 0 saturated carbocycles. The van der Waals surface area contributed by atoms with Crippen molar-refractivity contribution in [1.29, 1.82) is 0 Å². The van der Waals surface area contributed by atoms with E-state index in [-0.39, 0.29) is 11.3 Å². The van der Waals surface area contributed by atoms with Gasteiger partial charge in [0, 0.05) is 13.2 Å². The molecule has 0 aliphatic carbocycles. The third kappa shape index (κ3) is 2.01. The van der Waals surface area contributed by atoms with Gasteiger partial charge < -0.3 is 9.84 Å². The Balaban J connectivity index is 3.11. The van der Waals surface area contributed by atoms with Crippen LogP contribution in [-0.2, 0) is 4.74 Å². The molecule has 0 aliphatic rings. The van der Waals surface area contributed by atoms with Crippen molar-refractivity contribution in [1.82, 2.24) is 0 Å². The molecule has 0 bridgehead atoms.